The molecule has 0 bridgehead atoms. The van der Waals surface area contributed by atoms with Gasteiger partial charge in [-0.2, -0.15) is 0 Å². The van der Waals surface area contributed by atoms with Crippen molar-refractivity contribution in [2.45, 2.75) is 11.4 Å². The van der Waals surface area contributed by atoms with Crippen LogP contribution in [0.3, 0.4) is 0 Å². The normalized spacial score (nSPS) is 11.7. The molecule has 136 valence electrons. The van der Waals surface area contributed by atoms with E-state index in [-0.39, 0.29) is 11.4 Å². The van der Waals surface area contributed by atoms with E-state index in [1.807, 2.05) is 66.7 Å². The minimum Gasteiger partial charge on any atom is -0.497 e. The maximum Gasteiger partial charge on any atom is 0.240 e. The molecule has 0 saturated heterocycles. The number of methoxy groups -OCH3 is 1. The van der Waals surface area contributed by atoms with Crippen molar-refractivity contribution in [1.29, 1.82) is 0 Å². The zero-order chi connectivity index (χ0) is 18.9. The van der Waals surface area contributed by atoms with Crippen molar-refractivity contribution in [2.24, 2.45) is 0 Å². The molecule has 0 amide bonds. The van der Waals surface area contributed by atoms with E-state index in [0.29, 0.717) is 0 Å². The summed E-state index contributed by atoms with van der Waals surface area (Å²) in [6.45, 7) is 0.233. The van der Waals surface area contributed by atoms with E-state index in [4.69, 9.17) is 4.74 Å². The summed E-state index contributed by atoms with van der Waals surface area (Å²) in [5, 5.41) is 4.01. The van der Waals surface area contributed by atoms with E-state index in [1.54, 1.807) is 19.2 Å². The molecule has 0 aliphatic rings. The second-order valence-electron chi connectivity index (χ2n) is 6.38. The van der Waals surface area contributed by atoms with Crippen molar-refractivity contribution in [3.05, 3.63) is 84.4 Å². The number of nitrogens with one attached hydrogen (secondary N) is 1. The Balaban J connectivity index is 1.56. The zero-order valence-corrected chi connectivity index (χ0v) is 15.7. The monoisotopic (exact) mass is 377 g/mol. The molecule has 4 rings (SSSR count). The first-order valence-electron chi connectivity index (χ1n) is 8.60. The molecule has 0 fully saturated rings. The second-order valence-corrected chi connectivity index (χ2v) is 8.15. The lowest BCUT2D eigenvalue weighted by atomic mass is 10.1. The number of benzene rings is 4. The van der Waals surface area contributed by atoms with Gasteiger partial charge in [0.2, 0.25) is 10.0 Å². The van der Waals surface area contributed by atoms with Gasteiger partial charge in [0.1, 0.15) is 5.75 Å². The van der Waals surface area contributed by atoms with Gasteiger partial charge >= 0.3 is 0 Å². The highest BCUT2D eigenvalue weighted by Gasteiger charge is 2.14. The average Bonchev–Trinajstić information content (AvgIpc) is 2.71. The Kier molecular flexibility index (Phi) is 4.56. The molecule has 0 aromatic heterocycles. The van der Waals surface area contributed by atoms with Gasteiger partial charge in [0.05, 0.1) is 12.0 Å². The van der Waals surface area contributed by atoms with Crippen LogP contribution in [0.25, 0.3) is 21.5 Å². The SMILES string of the molecule is COc1ccc2cc(CNS(=O)(=O)c3ccc4ccccc4c3)ccc2c1. The average molecular weight is 377 g/mol. The molecular formula is C22H19NO3S. The number of sulfonamides is 1. The van der Waals surface area contributed by atoms with Crippen molar-refractivity contribution in [3.8, 4) is 5.75 Å². The molecule has 4 nitrogen and oxygen atoms in total. The van der Waals surface area contributed by atoms with Crippen LogP contribution in [0.1, 0.15) is 5.56 Å². The van der Waals surface area contributed by atoms with E-state index in [0.717, 1.165) is 32.9 Å². The third-order valence-corrected chi connectivity index (χ3v) is 6.01. The van der Waals surface area contributed by atoms with E-state index in [2.05, 4.69) is 4.72 Å². The Bertz CT molecular complexity index is 1230. The Labute approximate surface area is 158 Å². The van der Waals surface area contributed by atoms with E-state index in [9.17, 15) is 8.42 Å². The van der Waals surface area contributed by atoms with Gasteiger partial charge in [0.15, 0.2) is 0 Å². The predicted octanol–water partition coefficient (Wildman–Crippen LogP) is 4.48. The van der Waals surface area contributed by atoms with Gasteiger partial charge in [0, 0.05) is 6.54 Å². The van der Waals surface area contributed by atoms with Crippen molar-refractivity contribution < 1.29 is 13.2 Å². The van der Waals surface area contributed by atoms with Gasteiger partial charge in [-0.3, -0.25) is 0 Å². The van der Waals surface area contributed by atoms with Crippen LogP contribution in [0.15, 0.2) is 83.8 Å². The molecule has 0 unspecified atom stereocenters. The van der Waals surface area contributed by atoms with E-state index >= 15 is 0 Å². The number of rotatable bonds is 5. The molecular weight excluding hydrogens is 358 g/mol. The number of ether oxygens (including phenoxy) is 1. The Morgan fingerprint density at radius 1 is 0.778 bits per heavy atom. The first-order chi connectivity index (χ1) is 13.0. The molecule has 1 N–H and O–H groups in total. The third-order valence-electron chi connectivity index (χ3n) is 4.61. The summed E-state index contributed by atoms with van der Waals surface area (Å²) >= 11 is 0. The maximum absolute atomic E-state index is 12.7. The van der Waals surface area contributed by atoms with Gasteiger partial charge < -0.3 is 4.74 Å². The molecule has 27 heavy (non-hydrogen) atoms. The van der Waals surface area contributed by atoms with Gasteiger partial charge in [-0.15, -0.1) is 0 Å². The molecule has 0 saturated carbocycles. The van der Waals surface area contributed by atoms with Crippen LogP contribution >= 0.6 is 0 Å². The molecule has 0 heterocycles. The van der Waals surface area contributed by atoms with E-state index < -0.39 is 10.0 Å². The molecule has 4 aromatic carbocycles. The standard InChI is InChI=1S/C22H19NO3S/c1-26-21-10-8-19-12-16(6-7-20(19)13-21)15-23-27(24,25)22-11-9-17-4-2-3-5-18(17)14-22/h2-14,23H,15H2,1H3. The van der Waals surface area contributed by atoms with Crippen LogP contribution in [0.2, 0.25) is 0 Å². The fourth-order valence-electron chi connectivity index (χ4n) is 3.11. The lowest BCUT2D eigenvalue weighted by molar-refractivity contribution is 0.415. The number of hydrogen-bond acceptors (Lipinski definition) is 3. The molecule has 0 aliphatic carbocycles. The first kappa shape index (κ1) is 17.5. The Hall–Kier alpha value is -2.89. The summed E-state index contributed by atoms with van der Waals surface area (Å²) in [7, 11) is -1.95. The fourth-order valence-corrected chi connectivity index (χ4v) is 4.16. The lowest BCUT2D eigenvalue weighted by Crippen LogP contribution is -2.23. The van der Waals surface area contributed by atoms with Crippen molar-refractivity contribution in [2.75, 3.05) is 7.11 Å². The van der Waals surface area contributed by atoms with Crippen LogP contribution in [0, 0.1) is 0 Å². The molecule has 5 heteroatoms. The smallest absolute Gasteiger partial charge is 0.240 e. The summed E-state index contributed by atoms with van der Waals surface area (Å²) in [6, 6.07) is 24.6. The molecule has 0 aliphatic heterocycles. The van der Waals surface area contributed by atoms with Crippen LogP contribution in [0.4, 0.5) is 0 Å². The van der Waals surface area contributed by atoms with E-state index in [1.165, 1.54) is 0 Å². The van der Waals surface area contributed by atoms with Crippen LogP contribution in [-0.4, -0.2) is 15.5 Å². The number of fused-ring (bicyclic) bond motifs is 2. The fraction of sp³-hybridized carbons (Fsp3) is 0.0909. The maximum atomic E-state index is 12.7. The van der Waals surface area contributed by atoms with Gasteiger partial charge in [-0.1, -0.05) is 48.5 Å². The van der Waals surface area contributed by atoms with Gasteiger partial charge in [-0.25, -0.2) is 13.1 Å². The summed E-state index contributed by atoms with van der Waals surface area (Å²) in [5.41, 5.74) is 0.900. The first-order valence-corrected chi connectivity index (χ1v) is 10.1. The highest BCUT2D eigenvalue weighted by atomic mass is 32.2. The summed E-state index contributed by atoms with van der Waals surface area (Å²) < 4.78 is 33.3. The van der Waals surface area contributed by atoms with Gasteiger partial charge in [-0.05, 0) is 57.4 Å². The minimum absolute atomic E-state index is 0.233. The lowest BCUT2D eigenvalue weighted by Gasteiger charge is -2.09. The van der Waals surface area contributed by atoms with Crippen molar-refractivity contribution in [1.82, 2.24) is 4.72 Å². The summed E-state index contributed by atoms with van der Waals surface area (Å²) in [6.07, 6.45) is 0. The molecule has 4 aromatic rings. The van der Waals surface area contributed by atoms with Crippen molar-refractivity contribution >= 4 is 31.6 Å². The van der Waals surface area contributed by atoms with Crippen LogP contribution < -0.4 is 9.46 Å². The zero-order valence-electron chi connectivity index (χ0n) is 14.8. The molecule has 0 spiro atoms. The van der Waals surface area contributed by atoms with Crippen LogP contribution in [0.5, 0.6) is 5.75 Å². The summed E-state index contributed by atoms with van der Waals surface area (Å²) in [4.78, 5) is 0.270. The summed E-state index contributed by atoms with van der Waals surface area (Å²) in [5.74, 6) is 0.798. The van der Waals surface area contributed by atoms with Gasteiger partial charge in [0.25, 0.3) is 0 Å². The van der Waals surface area contributed by atoms with Crippen molar-refractivity contribution in [3.63, 3.8) is 0 Å². The third kappa shape index (κ3) is 3.65. The number of hydrogen-bond donors (Lipinski definition) is 1. The minimum atomic E-state index is -3.58. The second kappa shape index (κ2) is 7.02. The predicted molar refractivity (Wildman–Crippen MR) is 108 cm³/mol. The topological polar surface area (TPSA) is 55.4 Å². The molecule has 0 atom stereocenters. The largest absolute Gasteiger partial charge is 0.497 e. The van der Waals surface area contributed by atoms with Crippen LogP contribution in [-0.2, 0) is 16.6 Å². The molecule has 0 radical (unpaired) electrons. The Morgan fingerprint density at radius 3 is 2.26 bits per heavy atom. The quantitative estimate of drug-likeness (QED) is 0.558. The Morgan fingerprint density at radius 2 is 1.44 bits per heavy atom. The highest BCUT2D eigenvalue weighted by Crippen LogP contribution is 2.23. The highest BCUT2D eigenvalue weighted by molar-refractivity contribution is 7.89.